The number of amides is 2. The first-order valence-electron chi connectivity index (χ1n) is 9.44. The van der Waals surface area contributed by atoms with Crippen LogP contribution in [0.2, 0.25) is 0 Å². The van der Waals surface area contributed by atoms with Gasteiger partial charge in [0.25, 0.3) is 0 Å². The van der Waals surface area contributed by atoms with Crippen molar-refractivity contribution in [1.29, 1.82) is 0 Å². The second-order valence-electron chi connectivity index (χ2n) is 7.28. The highest BCUT2D eigenvalue weighted by atomic mass is 16.2. The predicted molar refractivity (Wildman–Crippen MR) is 97.7 cm³/mol. The van der Waals surface area contributed by atoms with E-state index < -0.39 is 0 Å². The molecule has 1 aromatic rings. The molecule has 3 fully saturated rings. The zero-order valence-corrected chi connectivity index (χ0v) is 14.4. The van der Waals surface area contributed by atoms with E-state index >= 15 is 0 Å². The predicted octanol–water partition coefficient (Wildman–Crippen LogP) is 2.99. The average molecular weight is 328 g/mol. The van der Waals surface area contributed by atoms with Gasteiger partial charge in [0.2, 0.25) is 0 Å². The fraction of sp³-hybridized carbons (Fsp3) is 0.632. The molecule has 5 heteroatoms. The van der Waals surface area contributed by atoms with Crippen molar-refractivity contribution in [2.75, 3.05) is 49.5 Å². The molecule has 1 aromatic carbocycles. The van der Waals surface area contributed by atoms with Crippen LogP contribution in [0.15, 0.2) is 24.3 Å². The highest BCUT2D eigenvalue weighted by Gasteiger charge is 2.32. The SMILES string of the molecule is O=C(Nc1ccc(N2CCCCC2)cc1)N1CCN(C2CC2)CC1. The Kier molecular flexibility index (Phi) is 4.60. The quantitative estimate of drug-likeness (QED) is 0.927. The zero-order chi connectivity index (χ0) is 16.4. The van der Waals surface area contributed by atoms with Gasteiger partial charge in [-0.2, -0.15) is 0 Å². The van der Waals surface area contributed by atoms with E-state index in [2.05, 4.69) is 27.2 Å². The number of urea groups is 1. The molecule has 2 aliphatic heterocycles. The van der Waals surface area contributed by atoms with Crippen LogP contribution in [0.5, 0.6) is 0 Å². The smallest absolute Gasteiger partial charge is 0.321 e. The maximum absolute atomic E-state index is 12.4. The van der Waals surface area contributed by atoms with E-state index in [1.807, 2.05) is 17.0 Å². The number of hydrogen-bond acceptors (Lipinski definition) is 3. The van der Waals surface area contributed by atoms with Crippen LogP contribution in [0.1, 0.15) is 32.1 Å². The van der Waals surface area contributed by atoms with Crippen molar-refractivity contribution < 1.29 is 4.79 Å². The molecule has 2 amide bonds. The van der Waals surface area contributed by atoms with Crippen LogP contribution >= 0.6 is 0 Å². The number of nitrogens with one attached hydrogen (secondary N) is 1. The molecule has 2 saturated heterocycles. The van der Waals surface area contributed by atoms with Gasteiger partial charge in [-0.05, 0) is 56.4 Å². The Balaban J connectivity index is 1.29. The second kappa shape index (κ2) is 7.01. The molecule has 4 rings (SSSR count). The first-order valence-corrected chi connectivity index (χ1v) is 9.44. The van der Waals surface area contributed by atoms with E-state index in [-0.39, 0.29) is 6.03 Å². The van der Waals surface area contributed by atoms with E-state index in [4.69, 9.17) is 0 Å². The Hall–Kier alpha value is -1.75. The average Bonchev–Trinajstić information content (AvgIpc) is 3.48. The molecule has 0 bridgehead atoms. The zero-order valence-electron chi connectivity index (χ0n) is 14.4. The summed E-state index contributed by atoms with van der Waals surface area (Å²) in [5.74, 6) is 0. The highest BCUT2D eigenvalue weighted by Crippen LogP contribution is 2.27. The molecule has 5 nitrogen and oxygen atoms in total. The summed E-state index contributed by atoms with van der Waals surface area (Å²) in [6.07, 6.45) is 6.60. The van der Waals surface area contributed by atoms with Crippen LogP contribution in [0, 0.1) is 0 Å². The molecule has 0 aromatic heterocycles. The number of hydrogen-bond donors (Lipinski definition) is 1. The molecule has 1 aliphatic carbocycles. The molecule has 0 atom stereocenters. The van der Waals surface area contributed by atoms with E-state index in [0.29, 0.717) is 0 Å². The molecule has 0 spiro atoms. The van der Waals surface area contributed by atoms with Gasteiger partial charge in [-0.15, -0.1) is 0 Å². The van der Waals surface area contributed by atoms with E-state index in [1.54, 1.807) is 0 Å². The van der Waals surface area contributed by atoms with Gasteiger partial charge in [0, 0.05) is 56.7 Å². The van der Waals surface area contributed by atoms with Crippen molar-refractivity contribution in [3.8, 4) is 0 Å². The molecule has 130 valence electrons. The first-order chi connectivity index (χ1) is 11.8. The topological polar surface area (TPSA) is 38.8 Å². The van der Waals surface area contributed by atoms with Crippen molar-refractivity contribution in [2.45, 2.75) is 38.1 Å². The monoisotopic (exact) mass is 328 g/mol. The van der Waals surface area contributed by atoms with E-state index in [1.165, 1.54) is 37.8 Å². The third-order valence-electron chi connectivity index (χ3n) is 5.50. The number of piperidine rings is 1. The number of carbonyl (C=O) groups excluding carboxylic acids is 1. The van der Waals surface area contributed by atoms with Gasteiger partial charge in [0.1, 0.15) is 0 Å². The van der Waals surface area contributed by atoms with Crippen molar-refractivity contribution in [1.82, 2.24) is 9.80 Å². The third kappa shape index (κ3) is 3.66. The minimum atomic E-state index is 0.0381. The van der Waals surface area contributed by atoms with Crippen LogP contribution in [-0.2, 0) is 0 Å². The Morgan fingerprint density at radius 3 is 2.17 bits per heavy atom. The first kappa shape index (κ1) is 15.8. The minimum absolute atomic E-state index is 0.0381. The van der Waals surface area contributed by atoms with Crippen molar-refractivity contribution >= 4 is 17.4 Å². The summed E-state index contributed by atoms with van der Waals surface area (Å²) in [6, 6.07) is 9.16. The highest BCUT2D eigenvalue weighted by molar-refractivity contribution is 5.89. The third-order valence-corrected chi connectivity index (χ3v) is 5.50. The van der Waals surface area contributed by atoms with Crippen molar-refractivity contribution in [3.63, 3.8) is 0 Å². The Labute approximate surface area is 144 Å². The lowest BCUT2D eigenvalue weighted by molar-refractivity contribution is 0.142. The number of piperazine rings is 1. The lowest BCUT2D eigenvalue weighted by Crippen LogP contribution is -2.50. The standard InChI is InChI=1S/C19H28N4O/c24-19(23-14-12-22(13-15-23)18-8-9-18)20-16-4-6-17(7-5-16)21-10-2-1-3-11-21/h4-7,18H,1-3,8-15H2,(H,20,24). The Morgan fingerprint density at radius 1 is 0.875 bits per heavy atom. The molecule has 0 radical (unpaired) electrons. The van der Waals surface area contributed by atoms with Gasteiger partial charge >= 0.3 is 6.03 Å². The lowest BCUT2D eigenvalue weighted by atomic mass is 10.1. The largest absolute Gasteiger partial charge is 0.372 e. The number of carbonyl (C=O) groups is 1. The molecule has 24 heavy (non-hydrogen) atoms. The summed E-state index contributed by atoms with van der Waals surface area (Å²) in [5.41, 5.74) is 2.16. The van der Waals surface area contributed by atoms with Crippen LogP contribution in [-0.4, -0.2) is 61.1 Å². The van der Waals surface area contributed by atoms with Crippen LogP contribution in [0.3, 0.4) is 0 Å². The van der Waals surface area contributed by atoms with Gasteiger partial charge in [0.15, 0.2) is 0 Å². The number of nitrogens with zero attached hydrogens (tertiary/aromatic N) is 3. The molecular formula is C19H28N4O. The molecule has 1 saturated carbocycles. The second-order valence-corrected chi connectivity index (χ2v) is 7.28. The van der Waals surface area contributed by atoms with Gasteiger partial charge in [-0.25, -0.2) is 4.79 Å². The van der Waals surface area contributed by atoms with Gasteiger partial charge in [-0.1, -0.05) is 0 Å². The van der Waals surface area contributed by atoms with Gasteiger partial charge < -0.3 is 15.1 Å². The number of rotatable bonds is 3. The van der Waals surface area contributed by atoms with Crippen molar-refractivity contribution in [2.24, 2.45) is 0 Å². The van der Waals surface area contributed by atoms with Gasteiger partial charge in [0.05, 0.1) is 0 Å². The summed E-state index contributed by atoms with van der Waals surface area (Å²) in [6.45, 7) is 6.02. The molecule has 1 N–H and O–H groups in total. The fourth-order valence-corrected chi connectivity index (χ4v) is 3.84. The van der Waals surface area contributed by atoms with Crippen LogP contribution in [0.4, 0.5) is 16.2 Å². The molecule has 2 heterocycles. The summed E-state index contributed by atoms with van der Waals surface area (Å²) < 4.78 is 0. The molecule has 3 aliphatic rings. The van der Waals surface area contributed by atoms with Crippen LogP contribution in [0.25, 0.3) is 0 Å². The maximum Gasteiger partial charge on any atom is 0.321 e. The van der Waals surface area contributed by atoms with Gasteiger partial charge in [-0.3, -0.25) is 4.90 Å². The fourth-order valence-electron chi connectivity index (χ4n) is 3.84. The minimum Gasteiger partial charge on any atom is -0.372 e. The van der Waals surface area contributed by atoms with E-state index in [0.717, 1.165) is 51.0 Å². The van der Waals surface area contributed by atoms with Crippen molar-refractivity contribution in [3.05, 3.63) is 24.3 Å². The summed E-state index contributed by atoms with van der Waals surface area (Å²) in [7, 11) is 0. The molecule has 0 unspecified atom stereocenters. The number of anilines is 2. The normalized spacial score (nSPS) is 22.5. The summed E-state index contributed by atoms with van der Waals surface area (Å²) in [4.78, 5) is 19.3. The Bertz CT molecular complexity index is 555. The Morgan fingerprint density at radius 2 is 1.54 bits per heavy atom. The number of benzene rings is 1. The lowest BCUT2D eigenvalue weighted by Gasteiger charge is -2.34. The molecular weight excluding hydrogens is 300 g/mol. The maximum atomic E-state index is 12.4. The summed E-state index contributed by atoms with van der Waals surface area (Å²) in [5, 5.41) is 3.05. The van der Waals surface area contributed by atoms with Crippen LogP contribution < -0.4 is 10.2 Å². The van der Waals surface area contributed by atoms with E-state index in [9.17, 15) is 4.79 Å². The summed E-state index contributed by atoms with van der Waals surface area (Å²) >= 11 is 0.